The van der Waals surface area contributed by atoms with Crippen molar-refractivity contribution in [2.45, 2.75) is 63.8 Å². The highest BCUT2D eigenvalue weighted by Gasteiger charge is 2.53. The Labute approximate surface area is 179 Å². The number of primary amides is 1. The van der Waals surface area contributed by atoms with Crippen LogP contribution in [0.15, 0.2) is 18.2 Å². The normalized spacial score (nSPS) is 31.6. The minimum atomic E-state index is -0.763. The maximum atomic E-state index is 12.7. The highest BCUT2D eigenvalue weighted by atomic mass is 16.5. The van der Waals surface area contributed by atoms with E-state index in [2.05, 4.69) is 36.2 Å². The van der Waals surface area contributed by atoms with Crippen molar-refractivity contribution < 1.29 is 14.3 Å². The van der Waals surface area contributed by atoms with Gasteiger partial charge in [0.2, 0.25) is 5.91 Å². The van der Waals surface area contributed by atoms with Gasteiger partial charge < -0.3 is 15.4 Å². The number of imide groups is 1. The predicted octanol–water partition coefficient (Wildman–Crippen LogP) is 3.36. The standard InChI is InChI=1S/C24H35N3O3/c1-15-4-8-19(30-3)12-21(15)24-10-11-27(14-17-5-6-17)16(2)20(24)9-7-18(13-24)22(28)26-23(25)29/h4,8,12,16-18,20H,5-7,9-11,13-14H2,1-3H3,(H3,25,26,28,29)/t16?,18?,20?,24-/m0/s1. The van der Waals surface area contributed by atoms with Crippen LogP contribution in [0.25, 0.3) is 0 Å². The van der Waals surface area contributed by atoms with E-state index >= 15 is 0 Å². The zero-order valence-electron chi connectivity index (χ0n) is 18.4. The van der Waals surface area contributed by atoms with Crippen LogP contribution >= 0.6 is 0 Å². The Balaban J connectivity index is 1.69. The summed E-state index contributed by atoms with van der Waals surface area (Å²) in [6, 6.07) is 6.04. The number of nitrogens with zero attached hydrogens (tertiary/aromatic N) is 1. The molecule has 4 atom stereocenters. The molecule has 3 N–H and O–H groups in total. The summed E-state index contributed by atoms with van der Waals surface area (Å²) in [5.41, 5.74) is 7.71. The lowest BCUT2D eigenvalue weighted by molar-refractivity contribution is -0.127. The van der Waals surface area contributed by atoms with E-state index in [1.165, 1.54) is 30.5 Å². The monoisotopic (exact) mass is 413 g/mol. The summed E-state index contributed by atoms with van der Waals surface area (Å²) in [4.78, 5) is 26.7. The number of likely N-dealkylation sites (tertiary alicyclic amines) is 1. The van der Waals surface area contributed by atoms with Gasteiger partial charge in [-0.15, -0.1) is 0 Å². The third-order valence-corrected chi connectivity index (χ3v) is 7.94. The molecule has 0 aromatic heterocycles. The fourth-order valence-electron chi connectivity index (χ4n) is 6.19. The Kier molecular flexibility index (Phi) is 5.80. The van der Waals surface area contributed by atoms with Gasteiger partial charge in [-0.25, -0.2) is 4.79 Å². The van der Waals surface area contributed by atoms with Crippen LogP contribution in [0.2, 0.25) is 0 Å². The number of nitrogens with two attached hydrogens (primary N) is 1. The molecule has 1 aliphatic heterocycles. The largest absolute Gasteiger partial charge is 0.497 e. The number of hydrogen-bond donors (Lipinski definition) is 2. The lowest BCUT2D eigenvalue weighted by Crippen LogP contribution is -2.59. The van der Waals surface area contributed by atoms with Gasteiger partial charge in [-0.1, -0.05) is 6.07 Å². The first-order chi connectivity index (χ1) is 14.3. The number of benzene rings is 1. The van der Waals surface area contributed by atoms with E-state index in [9.17, 15) is 9.59 Å². The van der Waals surface area contributed by atoms with Crippen LogP contribution in [0, 0.1) is 24.7 Å². The van der Waals surface area contributed by atoms with Crippen LogP contribution in [-0.4, -0.2) is 43.1 Å². The molecular formula is C24H35N3O3. The van der Waals surface area contributed by atoms with Gasteiger partial charge in [0.05, 0.1) is 7.11 Å². The van der Waals surface area contributed by atoms with Gasteiger partial charge in [0.15, 0.2) is 0 Å². The molecule has 3 fully saturated rings. The molecule has 1 heterocycles. The van der Waals surface area contributed by atoms with Crippen molar-refractivity contribution in [3.8, 4) is 5.75 Å². The van der Waals surface area contributed by atoms with Crippen molar-refractivity contribution in [1.82, 2.24) is 10.2 Å². The molecule has 2 aliphatic carbocycles. The number of rotatable bonds is 5. The Bertz CT molecular complexity index is 822. The molecule has 1 aromatic rings. The molecule has 1 saturated heterocycles. The van der Waals surface area contributed by atoms with E-state index in [0.717, 1.165) is 43.9 Å². The number of methoxy groups -OCH3 is 1. The van der Waals surface area contributed by atoms with E-state index in [4.69, 9.17) is 10.5 Å². The van der Waals surface area contributed by atoms with Gasteiger partial charge in [0.25, 0.3) is 0 Å². The molecule has 2 saturated carbocycles. The second-order valence-electron chi connectivity index (χ2n) is 9.70. The number of piperidine rings is 1. The van der Waals surface area contributed by atoms with E-state index in [-0.39, 0.29) is 17.2 Å². The van der Waals surface area contributed by atoms with Gasteiger partial charge in [-0.2, -0.15) is 0 Å². The minimum Gasteiger partial charge on any atom is -0.497 e. The fraction of sp³-hybridized carbons (Fsp3) is 0.667. The molecule has 0 radical (unpaired) electrons. The smallest absolute Gasteiger partial charge is 0.318 e. The maximum absolute atomic E-state index is 12.7. The molecule has 3 aliphatic rings. The van der Waals surface area contributed by atoms with Crippen molar-refractivity contribution in [1.29, 1.82) is 0 Å². The van der Waals surface area contributed by atoms with E-state index in [1.807, 2.05) is 6.07 Å². The van der Waals surface area contributed by atoms with Crippen LogP contribution < -0.4 is 15.8 Å². The van der Waals surface area contributed by atoms with E-state index < -0.39 is 6.03 Å². The van der Waals surface area contributed by atoms with Crippen molar-refractivity contribution >= 4 is 11.9 Å². The summed E-state index contributed by atoms with van der Waals surface area (Å²) in [7, 11) is 1.70. The molecule has 3 amide bonds. The quantitative estimate of drug-likeness (QED) is 0.775. The number of hydrogen-bond acceptors (Lipinski definition) is 4. The Morgan fingerprint density at radius 3 is 2.70 bits per heavy atom. The Morgan fingerprint density at radius 1 is 1.27 bits per heavy atom. The van der Waals surface area contributed by atoms with Crippen molar-refractivity contribution in [3.05, 3.63) is 29.3 Å². The average molecular weight is 414 g/mol. The van der Waals surface area contributed by atoms with Crippen LogP contribution in [0.1, 0.15) is 56.6 Å². The molecule has 4 rings (SSSR count). The zero-order valence-corrected chi connectivity index (χ0v) is 18.4. The SMILES string of the molecule is COc1ccc(C)c([C@]23CCN(CC4CC4)C(C)C2CCC(C(=O)NC(N)=O)C3)c1. The molecule has 6 nitrogen and oxygen atoms in total. The van der Waals surface area contributed by atoms with Crippen molar-refractivity contribution in [2.75, 3.05) is 20.2 Å². The van der Waals surface area contributed by atoms with Crippen LogP contribution in [-0.2, 0) is 10.2 Å². The fourth-order valence-corrected chi connectivity index (χ4v) is 6.19. The Hall–Kier alpha value is -2.08. The lowest BCUT2D eigenvalue weighted by atomic mass is 9.54. The van der Waals surface area contributed by atoms with E-state index in [1.54, 1.807) is 7.11 Å². The summed E-state index contributed by atoms with van der Waals surface area (Å²) in [6.45, 7) is 6.79. The van der Waals surface area contributed by atoms with Crippen LogP contribution in [0.5, 0.6) is 5.75 Å². The summed E-state index contributed by atoms with van der Waals surface area (Å²) in [5.74, 6) is 1.79. The summed E-state index contributed by atoms with van der Waals surface area (Å²) < 4.78 is 5.56. The number of carbonyl (C=O) groups excluding carboxylic acids is 2. The van der Waals surface area contributed by atoms with Crippen LogP contribution in [0.4, 0.5) is 4.79 Å². The number of nitrogens with one attached hydrogen (secondary N) is 1. The topological polar surface area (TPSA) is 84.7 Å². The van der Waals surface area contributed by atoms with E-state index in [0.29, 0.717) is 12.0 Å². The second kappa shape index (κ2) is 8.22. The third-order valence-electron chi connectivity index (χ3n) is 7.94. The lowest BCUT2D eigenvalue weighted by Gasteiger charge is -2.56. The van der Waals surface area contributed by atoms with Gasteiger partial charge >= 0.3 is 6.03 Å². The van der Waals surface area contributed by atoms with Gasteiger partial charge in [-0.3, -0.25) is 10.1 Å². The first-order valence-corrected chi connectivity index (χ1v) is 11.3. The number of urea groups is 1. The zero-order chi connectivity index (χ0) is 21.5. The van der Waals surface area contributed by atoms with Crippen LogP contribution in [0.3, 0.4) is 0 Å². The molecule has 0 spiro atoms. The minimum absolute atomic E-state index is 0.0873. The number of carbonyl (C=O) groups is 2. The molecule has 30 heavy (non-hydrogen) atoms. The highest BCUT2D eigenvalue weighted by Crippen LogP contribution is 2.54. The number of fused-ring (bicyclic) bond motifs is 1. The molecule has 6 heteroatoms. The second-order valence-corrected chi connectivity index (χ2v) is 9.70. The molecular weight excluding hydrogens is 378 g/mol. The van der Waals surface area contributed by atoms with Gasteiger partial charge in [-0.05, 0) is 94.0 Å². The van der Waals surface area contributed by atoms with Crippen molar-refractivity contribution in [2.24, 2.45) is 23.5 Å². The number of ether oxygens (including phenoxy) is 1. The first-order valence-electron chi connectivity index (χ1n) is 11.3. The molecule has 3 unspecified atom stereocenters. The summed E-state index contributed by atoms with van der Waals surface area (Å²) >= 11 is 0. The van der Waals surface area contributed by atoms with Gasteiger partial charge in [0, 0.05) is 23.9 Å². The molecule has 0 bridgehead atoms. The number of aryl methyl sites for hydroxylation is 1. The first kappa shape index (κ1) is 21.2. The summed E-state index contributed by atoms with van der Waals surface area (Å²) in [5, 5.41) is 2.33. The number of amides is 3. The molecule has 1 aromatic carbocycles. The molecule has 164 valence electrons. The van der Waals surface area contributed by atoms with Gasteiger partial charge in [0.1, 0.15) is 5.75 Å². The predicted molar refractivity (Wildman–Crippen MR) is 116 cm³/mol. The average Bonchev–Trinajstić information content (AvgIpc) is 3.54. The maximum Gasteiger partial charge on any atom is 0.318 e. The third kappa shape index (κ3) is 3.94. The van der Waals surface area contributed by atoms with Crippen molar-refractivity contribution in [3.63, 3.8) is 0 Å². The Morgan fingerprint density at radius 2 is 2.03 bits per heavy atom. The summed E-state index contributed by atoms with van der Waals surface area (Å²) in [6.07, 6.45) is 6.30. The highest BCUT2D eigenvalue weighted by molar-refractivity contribution is 5.94.